The van der Waals surface area contributed by atoms with E-state index < -0.39 is 5.97 Å². The second-order valence-electron chi connectivity index (χ2n) is 5.23. The largest absolute Gasteiger partial charge is 0.452 e. The van der Waals surface area contributed by atoms with Crippen LogP contribution in [-0.4, -0.2) is 15.9 Å². The lowest BCUT2D eigenvalue weighted by Crippen LogP contribution is -2.14. The Morgan fingerprint density at radius 3 is 3.09 bits per heavy atom. The molecule has 4 rings (SSSR count). The van der Waals surface area contributed by atoms with E-state index in [9.17, 15) is 9.59 Å². The third-order valence-electron chi connectivity index (χ3n) is 3.74. The Hall–Kier alpha value is -1.93. The van der Waals surface area contributed by atoms with Crippen molar-refractivity contribution in [3.8, 4) is 0 Å². The Bertz CT molecular complexity index is 972. The molecule has 0 spiro atoms. The highest BCUT2D eigenvalue weighted by Crippen LogP contribution is 2.34. The molecule has 0 saturated heterocycles. The quantitative estimate of drug-likeness (QED) is 0.689. The van der Waals surface area contributed by atoms with Gasteiger partial charge in [-0.1, -0.05) is 0 Å². The molecule has 0 saturated carbocycles. The second kappa shape index (κ2) is 5.61. The number of nitrogens with one attached hydrogen (secondary N) is 1. The van der Waals surface area contributed by atoms with Gasteiger partial charge in [0.1, 0.15) is 17.3 Å². The van der Waals surface area contributed by atoms with Gasteiger partial charge in [-0.2, -0.15) is 0 Å². The Morgan fingerprint density at radius 2 is 2.30 bits per heavy atom. The highest BCUT2D eigenvalue weighted by molar-refractivity contribution is 9.10. The Labute approximate surface area is 142 Å². The molecule has 0 unspecified atom stereocenters. The molecule has 0 amide bonds. The van der Waals surface area contributed by atoms with Crippen molar-refractivity contribution in [2.24, 2.45) is 0 Å². The number of aromatic amines is 1. The summed E-state index contributed by atoms with van der Waals surface area (Å²) in [5.74, 6) is -0.177. The molecule has 23 heavy (non-hydrogen) atoms. The molecule has 118 valence electrons. The number of carbonyl (C=O) groups is 1. The third-order valence-corrected chi connectivity index (χ3v) is 5.35. The molecule has 1 aliphatic carbocycles. The van der Waals surface area contributed by atoms with Crippen LogP contribution in [0.1, 0.15) is 33.2 Å². The predicted octanol–water partition coefficient (Wildman–Crippen LogP) is 3.19. The van der Waals surface area contributed by atoms with Crippen LogP contribution in [-0.2, 0) is 24.2 Å². The first-order valence-corrected chi connectivity index (χ1v) is 8.68. The summed E-state index contributed by atoms with van der Waals surface area (Å²) >= 11 is 4.67. The molecular formula is C15H11BrN2O4S. The maximum Gasteiger partial charge on any atom is 0.374 e. The maximum absolute atomic E-state index is 12.3. The molecule has 3 aromatic heterocycles. The van der Waals surface area contributed by atoms with Crippen molar-refractivity contribution < 1.29 is 13.9 Å². The fourth-order valence-corrected chi connectivity index (χ4v) is 4.33. The number of thiophene rings is 1. The molecule has 0 fully saturated rings. The van der Waals surface area contributed by atoms with Crippen molar-refractivity contribution in [1.29, 1.82) is 0 Å². The number of hydrogen-bond donors (Lipinski definition) is 1. The number of esters is 1. The average Bonchev–Trinajstić information content (AvgIpc) is 3.19. The summed E-state index contributed by atoms with van der Waals surface area (Å²) in [6, 6.07) is 3.12. The van der Waals surface area contributed by atoms with E-state index in [1.807, 2.05) is 0 Å². The van der Waals surface area contributed by atoms with Gasteiger partial charge in [0.15, 0.2) is 4.67 Å². The van der Waals surface area contributed by atoms with E-state index in [0.717, 1.165) is 24.8 Å². The smallest absolute Gasteiger partial charge is 0.374 e. The number of halogens is 1. The van der Waals surface area contributed by atoms with E-state index >= 15 is 0 Å². The Balaban J connectivity index is 1.58. The zero-order chi connectivity index (χ0) is 16.0. The molecule has 3 heterocycles. The molecule has 1 aliphatic rings. The van der Waals surface area contributed by atoms with Crippen LogP contribution in [0.25, 0.3) is 10.2 Å². The van der Waals surface area contributed by atoms with Crippen molar-refractivity contribution >= 4 is 43.5 Å². The summed E-state index contributed by atoms with van der Waals surface area (Å²) in [6.07, 6.45) is 3.03. The summed E-state index contributed by atoms with van der Waals surface area (Å²) in [5, 5.41) is 0.688. The van der Waals surface area contributed by atoms with Gasteiger partial charge in [-0.05, 0) is 52.9 Å². The second-order valence-corrected chi connectivity index (χ2v) is 7.10. The van der Waals surface area contributed by atoms with Crippen LogP contribution < -0.4 is 5.56 Å². The van der Waals surface area contributed by atoms with E-state index in [2.05, 4.69) is 25.9 Å². The maximum atomic E-state index is 12.3. The first-order valence-electron chi connectivity index (χ1n) is 7.08. The van der Waals surface area contributed by atoms with Gasteiger partial charge >= 0.3 is 5.97 Å². The van der Waals surface area contributed by atoms with Gasteiger partial charge in [-0.25, -0.2) is 9.78 Å². The van der Waals surface area contributed by atoms with Crippen molar-refractivity contribution in [1.82, 2.24) is 9.97 Å². The predicted molar refractivity (Wildman–Crippen MR) is 87.8 cm³/mol. The van der Waals surface area contributed by atoms with Crippen molar-refractivity contribution in [3.63, 3.8) is 0 Å². The summed E-state index contributed by atoms with van der Waals surface area (Å²) < 4.78 is 10.7. The molecule has 1 N–H and O–H groups in total. The molecule has 0 bridgehead atoms. The Morgan fingerprint density at radius 1 is 1.43 bits per heavy atom. The van der Waals surface area contributed by atoms with Crippen LogP contribution >= 0.6 is 27.3 Å². The topological polar surface area (TPSA) is 85.2 Å². The number of furan rings is 1. The first kappa shape index (κ1) is 14.6. The third kappa shape index (κ3) is 2.61. The van der Waals surface area contributed by atoms with Gasteiger partial charge in [-0.3, -0.25) is 4.79 Å². The highest BCUT2D eigenvalue weighted by atomic mass is 79.9. The number of ether oxygens (including phenoxy) is 1. The van der Waals surface area contributed by atoms with Gasteiger partial charge < -0.3 is 14.1 Å². The summed E-state index contributed by atoms with van der Waals surface area (Å²) in [4.78, 5) is 33.2. The van der Waals surface area contributed by atoms with Gasteiger partial charge in [0.2, 0.25) is 5.76 Å². The molecule has 0 atom stereocenters. The van der Waals surface area contributed by atoms with E-state index in [0.29, 0.717) is 20.7 Å². The standard InChI is InChI=1S/C15H11BrN2O4S/c16-10-5-4-8(22-10)15(20)21-6-11-17-13(19)12-7-2-1-3-9(7)23-14(12)18-11/h4-5H,1-3,6H2,(H,17,18,19). The number of H-pyrrole nitrogens is 1. The summed E-state index contributed by atoms with van der Waals surface area (Å²) in [5.41, 5.74) is 0.962. The van der Waals surface area contributed by atoms with Crippen molar-refractivity contribution in [2.75, 3.05) is 0 Å². The first-order chi connectivity index (χ1) is 11.1. The number of aromatic nitrogens is 2. The minimum atomic E-state index is -0.605. The van der Waals surface area contributed by atoms with Crippen LogP contribution in [0.15, 0.2) is 26.0 Å². The number of aryl methyl sites for hydroxylation is 2. The summed E-state index contributed by atoms with van der Waals surface area (Å²) in [6.45, 7) is -0.106. The number of rotatable bonds is 3. The van der Waals surface area contributed by atoms with Crippen molar-refractivity contribution in [3.05, 3.63) is 49.2 Å². The SMILES string of the molecule is O=C(OCc1nc2sc3c(c2c(=O)[nH]1)CCC3)c1ccc(Br)o1. The number of carbonyl (C=O) groups excluding carboxylic acids is 1. The summed E-state index contributed by atoms with van der Waals surface area (Å²) in [7, 11) is 0. The van der Waals surface area contributed by atoms with Gasteiger partial charge in [0, 0.05) is 4.88 Å². The van der Waals surface area contributed by atoms with Crippen molar-refractivity contribution in [2.45, 2.75) is 25.9 Å². The monoisotopic (exact) mass is 394 g/mol. The lowest BCUT2D eigenvalue weighted by Gasteiger charge is -2.03. The average molecular weight is 395 g/mol. The molecule has 3 aromatic rings. The zero-order valence-electron chi connectivity index (χ0n) is 11.8. The zero-order valence-corrected chi connectivity index (χ0v) is 14.3. The molecule has 6 nitrogen and oxygen atoms in total. The van der Waals surface area contributed by atoms with Gasteiger partial charge in [0.25, 0.3) is 5.56 Å². The number of hydrogen-bond acceptors (Lipinski definition) is 6. The normalized spacial score (nSPS) is 13.4. The molecule has 0 aromatic carbocycles. The Kier molecular flexibility index (Phi) is 3.57. The number of nitrogens with zero attached hydrogens (tertiary/aromatic N) is 1. The van der Waals surface area contributed by atoms with Crippen LogP contribution in [0, 0.1) is 0 Å². The fourth-order valence-electron chi connectivity index (χ4n) is 2.74. The fraction of sp³-hybridized carbons (Fsp3) is 0.267. The molecule has 0 aliphatic heterocycles. The van der Waals surface area contributed by atoms with Crippen LogP contribution in [0.5, 0.6) is 0 Å². The lowest BCUT2D eigenvalue weighted by atomic mass is 10.2. The molecular weight excluding hydrogens is 384 g/mol. The van der Waals surface area contributed by atoms with Gasteiger partial charge in [0.05, 0.1) is 5.39 Å². The number of fused-ring (bicyclic) bond motifs is 3. The van der Waals surface area contributed by atoms with Crippen LogP contribution in [0.4, 0.5) is 0 Å². The lowest BCUT2D eigenvalue weighted by molar-refractivity contribution is 0.0424. The van der Waals surface area contributed by atoms with E-state index in [-0.39, 0.29) is 17.9 Å². The molecule has 0 radical (unpaired) electrons. The van der Waals surface area contributed by atoms with Gasteiger partial charge in [-0.15, -0.1) is 11.3 Å². The highest BCUT2D eigenvalue weighted by Gasteiger charge is 2.21. The minimum absolute atomic E-state index is 0.0930. The minimum Gasteiger partial charge on any atom is -0.452 e. The van der Waals surface area contributed by atoms with E-state index in [1.165, 1.54) is 10.9 Å². The van der Waals surface area contributed by atoms with E-state index in [1.54, 1.807) is 17.4 Å². The molecule has 8 heteroatoms. The van der Waals surface area contributed by atoms with E-state index in [4.69, 9.17) is 9.15 Å². The van der Waals surface area contributed by atoms with Crippen LogP contribution in [0.3, 0.4) is 0 Å². The van der Waals surface area contributed by atoms with Crippen LogP contribution in [0.2, 0.25) is 0 Å².